The maximum atomic E-state index is 5.46. The Hall–Kier alpha value is -3.28. The molecule has 1 aromatic heterocycles. The van der Waals surface area contributed by atoms with Crippen LogP contribution in [0, 0.1) is 5.92 Å². The van der Waals surface area contributed by atoms with Crippen molar-refractivity contribution < 1.29 is 9.47 Å². The fraction of sp³-hybridized carbons (Fsp3) is 0.304. The van der Waals surface area contributed by atoms with Crippen LogP contribution >= 0.6 is 0 Å². The molecule has 3 aromatic rings. The lowest BCUT2D eigenvalue weighted by atomic mass is 10.1. The fourth-order valence-corrected chi connectivity index (χ4v) is 2.87. The summed E-state index contributed by atoms with van der Waals surface area (Å²) in [5, 5.41) is 6.70. The Bertz CT molecular complexity index is 929. The highest BCUT2D eigenvalue weighted by molar-refractivity contribution is 5.69. The summed E-state index contributed by atoms with van der Waals surface area (Å²) in [6.45, 7) is 5.27. The second-order valence-electron chi connectivity index (χ2n) is 7.13. The van der Waals surface area contributed by atoms with Crippen LogP contribution in [0.25, 0.3) is 11.3 Å². The van der Waals surface area contributed by atoms with Crippen molar-refractivity contribution in [2.75, 3.05) is 31.4 Å². The minimum Gasteiger partial charge on any atom is -0.497 e. The zero-order valence-corrected chi connectivity index (χ0v) is 17.4. The first-order chi connectivity index (χ1) is 14.1. The number of aromatic nitrogens is 2. The van der Waals surface area contributed by atoms with Gasteiger partial charge in [-0.1, -0.05) is 44.2 Å². The SMILES string of the molecule is COc1ccc(OC)c(Nc2nc(NCCC(C)C)cc(-c3ccccc3)n2)c1. The number of hydrogen-bond acceptors (Lipinski definition) is 6. The average molecular weight is 393 g/mol. The predicted molar refractivity (Wildman–Crippen MR) is 118 cm³/mol. The van der Waals surface area contributed by atoms with Crippen LogP contribution < -0.4 is 20.1 Å². The van der Waals surface area contributed by atoms with Gasteiger partial charge in [0.25, 0.3) is 0 Å². The molecule has 0 saturated carbocycles. The van der Waals surface area contributed by atoms with Gasteiger partial charge < -0.3 is 20.1 Å². The Labute approximate surface area is 172 Å². The summed E-state index contributed by atoms with van der Waals surface area (Å²) in [4.78, 5) is 9.37. The van der Waals surface area contributed by atoms with Gasteiger partial charge in [-0.15, -0.1) is 0 Å². The van der Waals surface area contributed by atoms with E-state index in [2.05, 4.69) is 29.5 Å². The van der Waals surface area contributed by atoms with E-state index in [1.54, 1.807) is 14.2 Å². The topological polar surface area (TPSA) is 68.3 Å². The van der Waals surface area contributed by atoms with Crippen LogP contribution in [-0.2, 0) is 0 Å². The van der Waals surface area contributed by atoms with Crippen LogP contribution in [0.5, 0.6) is 11.5 Å². The Kier molecular flexibility index (Phi) is 6.89. The number of hydrogen-bond donors (Lipinski definition) is 2. The summed E-state index contributed by atoms with van der Waals surface area (Å²) in [5.41, 5.74) is 2.62. The lowest BCUT2D eigenvalue weighted by Gasteiger charge is -2.14. The number of nitrogens with zero attached hydrogens (tertiary/aromatic N) is 2. The molecule has 2 aromatic carbocycles. The smallest absolute Gasteiger partial charge is 0.229 e. The first-order valence-corrected chi connectivity index (χ1v) is 9.76. The number of anilines is 3. The third-order valence-electron chi connectivity index (χ3n) is 4.48. The van der Waals surface area contributed by atoms with Crippen LogP contribution in [0.2, 0.25) is 0 Å². The van der Waals surface area contributed by atoms with Crippen LogP contribution in [0.1, 0.15) is 20.3 Å². The molecule has 0 radical (unpaired) electrons. The third kappa shape index (κ3) is 5.60. The molecule has 6 nitrogen and oxygen atoms in total. The molecule has 3 rings (SSSR count). The van der Waals surface area contributed by atoms with E-state index in [1.165, 1.54) is 0 Å². The number of rotatable bonds is 9. The van der Waals surface area contributed by atoms with E-state index in [1.807, 2.05) is 54.6 Å². The molecule has 0 unspecified atom stereocenters. The van der Waals surface area contributed by atoms with Crippen molar-refractivity contribution in [2.24, 2.45) is 5.92 Å². The van der Waals surface area contributed by atoms with Gasteiger partial charge in [0.05, 0.1) is 25.6 Å². The molecule has 6 heteroatoms. The maximum absolute atomic E-state index is 5.46. The lowest BCUT2D eigenvalue weighted by molar-refractivity contribution is 0.405. The molecule has 0 aliphatic rings. The standard InChI is InChI=1S/C23H28N4O2/c1-16(2)12-13-24-22-15-19(17-8-6-5-7-9-17)25-23(27-22)26-20-14-18(28-3)10-11-21(20)29-4/h5-11,14-16H,12-13H2,1-4H3,(H2,24,25,26,27). The van der Waals surface area contributed by atoms with Gasteiger partial charge in [0.2, 0.25) is 5.95 Å². The van der Waals surface area contributed by atoms with Crippen molar-refractivity contribution in [3.8, 4) is 22.8 Å². The number of benzene rings is 2. The van der Waals surface area contributed by atoms with Crippen molar-refractivity contribution in [3.63, 3.8) is 0 Å². The van der Waals surface area contributed by atoms with Crippen LogP contribution in [0.3, 0.4) is 0 Å². The monoisotopic (exact) mass is 392 g/mol. The quantitative estimate of drug-likeness (QED) is 0.511. The van der Waals surface area contributed by atoms with Gasteiger partial charge in [-0.3, -0.25) is 0 Å². The molecule has 152 valence electrons. The Balaban J connectivity index is 1.94. The highest BCUT2D eigenvalue weighted by Gasteiger charge is 2.11. The zero-order chi connectivity index (χ0) is 20.6. The minimum atomic E-state index is 0.491. The second-order valence-corrected chi connectivity index (χ2v) is 7.13. The van der Waals surface area contributed by atoms with E-state index in [0.29, 0.717) is 17.6 Å². The number of nitrogens with one attached hydrogen (secondary N) is 2. The van der Waals surface area contributed by atoms with Crippen molar-refractivity contribution >= 4 is 17.5 Å². The molecule has 0 aliphatic carbocycles. The normalized spacial score (nSPS) is 10.7. The third-order valence-corrected chi connectivity index (χ3v) is 4.48. The highest BCUT2D eigenvalue weighted by atomic mass is 16.5. The van der Waals surface area contributed by atoms with E-state index in [9.17, 15) is 0 Å². The van der Waals surface area contributed by atoms with Gasteiger partial charge in [-0.2, -0.15) is 4.98 Å². The Morgan fingerprint density at radius 1 is 0.931 bits per heavy atom. The lowest BCUT2D eigenvalue weighted by Crippen LogP contribution is -2.08. The summed E-state index contributed by atoms with van der Waals surface area (Å²) in [7, 11) is 3.27. The molecule has 0 saturated heterocycles. The predicted octanol–water partition coefficient (Wildman–Crippen LogP) is 5.36. The zero-order valence-electron chi connectivity index (χ0n) is 17.4. The van der Waals surface area contributed by atoms with Gasteiger partial charge in [0.15, 0.2) is 0 Å². The van der Waals surface area contributed by atoms with E-state index < -0.39 is 0 Å². The maximum Gasteiger partial charge on any atom is 0.229 e. The summed E-state index contributed by atoms with van der Waals surface area (Å²) in [6.07, 6.45) is 1.07. The minimum absolute atomic E-state index is 0.491. The van der Waals surface area contributed by atoms with Gasteiger partial charge in [0, 0.05) is 24.2 Å². The van der Waals surface area contributed by atoms with E-state index in [-0.39, 0.29) is 0 Å². The Morgan fingerprint density at radius 2 is 1.72 bits per heavy atom. The summed E-state index contributed by atoms with van der Waals surface area (Å²) in [5.74, 6) is 3.31. The van der Waals surface area contributed by atoms with Crippen molar-refractivity contribution in [1.29, 1.82) is 0 Å². The molecule has 0 aliphatic heterocycles. The molecular formula is C23H28N4O2. The molecule has 1 heterocycles. The van der Waals surface area contributed by atoms with Crippen LogP contribution in [0.15, 0.2) is 54.6 Å². The summed E-state index contributed by atoms with van der Waals surface area (Å²) in [6, 6.07) is 17.6. The molecular weight excluding hydrogens is 364 g/mol. The average Bonchev–Trinajstić information content (AvgIpc) is 2.74. The van der Waals surface area contributed by atoms with Crippen molar-refractivity contribution in [1.82, 2.24) is 9.97 Å². The van der Waals surface area contributed by atoms with Crippen LogP contribution in [0.4, 0.5) is 17.5 Å². The Morgan fingerprint density at radius 3 is 2.41 bits per heavy atom. The van der Waals surface area contributed by atoms with Gasteiger partial charge in [0.1, 0.15) is 17.3 Å². The van der Waals surface area contributed by atoms with E-state index in [4.69, 9.17) is 14.5 Å². The first kappa shape index (κ1) is 20.5. The van der Waals surface area contributed by atoms with Crippen molar-refractivity contribution in [3.05, 3.63) is 54.6 Å². The summed E-state index contributed by atoms with van der Waals surface area (Å²) >= 11 is 0. The molecule has 0 fully saturated rings. The largest absolute Gasteiger partial charge is 0.497 e. The first-order valence-electron chi connectivity index (χ1n) is 9.76. The molecule has 0 amide bonds. The number of methoxy groups -OCH3 is 2. The molecule has 29 heavy (non-hydrogen) atoms. The van der Waals surface area contributed by atoms with Crippen LogP contribution in [-0.4, -0.2) is 30.7 Å². The molecule has 0 spiro atoms. The van der Waals surface area contributed by atoms with E-state index >= 15 is 0 Å². The molecule has 2 N–H and O–H groups in total. The van der Waals surface area contributed by atoms with E-state index in [0.717, 1.165) is 41.5 Å². The van der Waals surface area contributed by atoms with Gasteiger partial charge in [-0.05, 0) is 24.5 Å². The van der Waals surface area contributed by atoms with Crippen molar-refractivity contribution in [2.45, 2.75) is 20.3 Å². The van der Waals surface area contributed by atoms with Gasteiger partial charge >= 0.3 is 0 Å². The highest BCUT2D eigenvalue weighted by Crippen LogP contribution is 2.31. The second kappa shape index (κ2) is 9.78. The summed E-state index contributed by atoms with van der Waals surface area (Å²) < 4.78 is 10.8. The molecule has 0 atom stereocenters. The number of ether oxygens (including phenoxy) is 2. The molecule has 0 bridgehead atoms. The van der Waals surface area contributed by atoms with Gasteiger partial charge in [-0.25, -0.2) is 4.98 Å². The fourth-order valence-electron chi connectivity index (χ4n) is 2.87.